The maximum absolute atomic E-state index is 6.32. The Balaban J connectivity index is 1.57. The Bertz CT molecular complexity index is 805. The fourth-order valence-electron chi connectivity index (χ4n) is 3.00. The first-order valence-corrected chi connectivity index (χ1v) is 11.5. The van der Waals surface area contributed by atoms with E-state index in [1.54, 1.807) is 30.3 Å². The Morgan fingerprint density at radius 2 is 1.71 bits per heavy atom. The zero-order valence-electron chi connectivity index (χ0n) is 14.8. The summed E-state index contributed by atoms with van der Waals surface area (Å²) in [6, 6.07) is 10.5. The van der Waals surface area contributed by atoms with Gasteiger partial charge in [0.05, 0.1) is 17.2 Å². The molecule has 3 rings (SSSR count). The summed E-state index contributed by atoms with van der Waals surface area (Å²) in [4.78, 5) is 0. The van der Waals surface area contributed by atoms with Crippen molar-refractivity contribution in [3.8, 4) is 5.75 Å². The van der Waals surface area contributed by atoms with Gasteiger partial charge < -0.3 is 14.2 Å². The van der Waals surface area contributed by atoms with Crippen molar-refractivity contribution in [2.24, 2.45) is 0 Å². The molecule has 1 aliphatic heterocycles. The van der Waals surface area contributed by atoms with Gasteiger partial charge in [-0.15, -0.1) is 0 Å². The van der Waals surface area contributed by atoms with Crippen molar-refractivity contribution in [2.75, 3.05) is 11.9 Å². The van der Waals surface area contributed by atoms with Crippen LogP contribution in [-0.2, 0) is 9.47 Å². The van der Waals surface area contributed by atoms with Gasteiger partial charge in [0, 0.05) is 26.0 Å². The summed E-state index contributed by atoms with van der Waals surface area (Å²) in [5.74, 6) is 0.587. The van der Waals surface area contributed by atoms with Crippen LogP contribution in [0.2, 0.25) is 20.1 Å². The van der Waals surface area contributed by atoms with Gasteiger partial charge in [0.2, 0.25) is 0 Å². The monoisotopic (exact) mass is 526 g/mol. The second kappa shape index (κ2) is 10.7. The molecule has 2 aromatic carbocycles. The van der Waals surface area contributed by atoms with Crippen molar-refractivity contribution >= 4 is 62.3 Å². The van der Waals surface area contributed by atoms with E-state index in [9.17, 15) is 0 Å². The van der Waals surface area contributed by atoms with E-state index >= 15 is 0 Å². The fraction of sp³-hybridized carbons (Fsp3) is 0.400. The van der Waals surface area contributed by atoms with E-state index in [-0.39, 0.29) is 18.5 Å². The van der Waals surface area contributed by atoms with Gasteiger partial charge >= 0.3 is 0 Å². The number of hydrogen-bond acceptors (Lipinski definition) is 3. The molecule has 1 fully saturated rings. The first kappa shape index (κ1) is 22.5. The predicted molar refractivity (Wildman–Crippen MR) is 119 cm³/mol. The van der Waals surface area contributed by atoms with E-state index in [4.69, 9.17) is 60.6 Å². The molecule has 1 heterocycles. The molecule has 0 radical (unpaired) electrons. The largest absolute Gasteiger partial charge is 0.489 e. The quantitative estimate of drug-likeness (QED) is 0.344. The lowest BCUT2D eigenvalue weighted by Gasteiger charge is -2.32. The Hall–Kier alpha value is -0.200. The summed E-state index contributed by atoms with van der Waals surface area (Å²) < 4.78 is 18.1. The molecule has 1 aliphatic rings. The molecular formula is C20H19BrCl4O3. The number of ether oxygens (including phenoxy) is 3. The Kier molecular flexibility index (Phi) is 8.61. The van der Waals surface area contributed by atoms with Crippen LogP contribution >= 0.6 is 62.3 Å². The van der Waals surface area contributed by atoms with E-state index in [0.29, 0.717) is 37.8 Å². The van der Waals surface area contributed by atoms with Crippen LogP contribution in [0.25, 0.3) is 0 Å². The number of rotatable bonds is 7. The van der Waals surface area contributed by atoms with Gasteiger partial charge in [-0.05, 0) is 49.6 Å². The molecule has 1 saturated heterocycles. The van der Waals surface area contributed by atoms with Crippen molar-refractivity contribution in [3.63, 3.8) is 0 Å². The highest BCUT2D eigenvalue weighted by Gasteiger charge is 2.27. The lowest BCUT2D eigenvalue weighted by atomic mass is 10.1. The van der Waals surface area contributed by atoms with Crippen molar-refractivity contribution < 1.29 is 14.2 Å². The Morgan fingerprint density at radius 3 is 2.39 bits per heavy atom. The van der Waals surface area contributed by atoms with Crippen molar-refractivity contribution in [1.82, 2.24) is 0 Å². The fourth-order valence-corrected chi connectivity index (χ4v) is 4.49. The molecule has 152 valence electrons. The molecular weight excluding hydrogens is 510 g/mol. The molecule has 3 atom stereocenters. The van der Waals surface area contributed by atoms with Crippen molar-refractivity contribution in [1.29, 1.82) is 0 Å². The van der Waals surface area contributed by atoms with Crippen LogP contribution in [0, 0.1) is 0 Å². The molecule has 0 amide bonds. The lowest BCUT2D eigenvalue weighted by Crippen LogP contribution is -2.34. The third kappa shape index (κ3) is 6.15. The smallest absolute Gasteiger partial charge is 0.159 e. The maximum atomic E-state index is 6.32. The minimum absolute atomic E-state index is 0.0813. The second-order valence-corrected chi connectivity index (χ2v) is 8.78. The van der Waals surface area contributed by atoms with Crippen LogP contribution in [0.4, 0.5) is 0 Å². The van der Waals surface area contributed by atoms with Gasteiger partial charge in [0.1, 0.15) is 12.4 Å². The van der Waals surface area contributed by atoms with Crippen LogP contribution in [-0.4, -0.2) is 24.3 Å². The van der Waals surface area contributed by atoms with E-state index in [1.807, 2.05) is 6.07 Å². The average Bonchev–Trinajstić information content (AvgIpc) is 2.66. The third-order valence-corrected chi connectivity index (χ3v) is 6.08. The van der Waals surface area contributed by atoms with Crippen molar-refractivity contribution in [3.05, 3.63) is 62.1 Å². The van der Waals surface area contributed by atoms with E-state index < -0.39 is 0 Å². The van der Waals surface area contributed by atoms with Crippen molar-refractivity contribution in [2.45, 2.75) is 37.8 Å². The molecule has 0 N–H and O–H groups in total. The molecule has 0 aliphatic carbocycles. The normalized spacial score (nSPS) is 20.8. The minimum atomic E-state index is -0.336. The molecule has 3 nitrogen and oxygen atoms in total. The van der Waals surface area contributed by atoms with Gasteiger partial charge in [-0.25, -0.2) is 0 Å². The van der Waals surface area contributed by atoms with Gasteiger partial charge in [-0.1, -0.05) is 68.4 Å². The lowest BCUT2D eigenvalue weighted by molar-refractivity contribution is -0.216. The molecule has 0 aromatic heterocycles. The van der Waals surface area contributed by atoms with E-state index in [2.05, 4.69) is 15.9 Å². The molecule has 8 heteroatoms. The first-order chi connectivity index (χ1) is 13.5. The highest BCUT2D eigenvalue weighted by atomic mass is 79.9. The molecule has 1 unspecified atom stereocenters. The highest BCUT2D eigenvalue weighted by Crippen LogP contribution is 2.33. The Labute approximate surface area is 193 Å². The zero-order valence-corrected chi connectivity index (χ0v) is 19.5. The number of hydrogen-bond donors (Lipinski definition) is 0. The van der Waals surface area contributed by atoms with Gasteiger partial charge in [-0.2, -0.15) is 0 Å². The summed E-state index contributed by atoms with van der Waals surface area (Å²) in [5, 5.41) is 2.81. The maximum Gasteiger partial charge on any atom is 0.159 e. The summed E-state index contributed by atoms with van der Waals surface area (Å²) in [5.41, 5.74) is 0.873. The van der Waals surface area contributed by atoms with Crippen LogP contribution < -0.4 is 4.74 Å². The number of alkyl halides is 1. The topological polar surface area (TPSA) is 27.7 Å². The highest BCUT2D eigenvalue weighted by molar-refractivity contribution is 9.09. The zero-order chi connectivity index (χ0) is 20.1. The van der Waals surface area contributed by atoms with E-state index in [1.165, 1.54) is 0 Å². The standard InChI is InChI=1S/C20H19BrCl4O3/c21-10-19(15-6-4-12(22)8-16(15)24)28-20-3-1-2-14(27-20)11-26-18-7-5-13(23)9-17(18)25/h4-9,14,19-20H,1-3,10-11H2/t14-,19?,20+/m1/s1. The SMILES string of the molecule is Clc1ccc(OC[C@H]2CCC[C@H](OC(CBr)c3ccc(Cl)cc3Cl)O2)c(Cl)c1. The number of benzene rings is 2. The molecule has 0 bridgehead atoms. The second-order valence-electron chi connectivity index (χ2n) is 6.45. The first-order valence-electron chi connectivity index (χ1n) is 8.86. The van der Waals surface area contributed by atoms with Gasteiger partial charge in [-0.3, -0.25) is 0 Å². The summed E-state index contributed by atoms with van der Waals surface area (Å²) in [6.45, 7) is 0.391. The molecule has 28 heavy (non-hydrogen) atoms. The molecule has 0 spiro atoms. The van der Waals surface area contributed by atoms with Crippen LogP contribution in [0.1, 0.15) is 30.9 Å². The van der Waals surface area contributed by atoms with E-state index in [0.717, 1.165) is 24.8 Å². The molecule has 2 aromatic rings. The molecule has 0 saturated carbocycles. The summed E-state index contributed by atoms with van der Waals surface area (Å²) in [7, 11) is 0. The Morgan fingerprint density at radius 1 is 1.00 bits per heavy atom. The summed E-state index contributed by atoms with van der Waals surface area (Å²) in [6.07, 6.45) is 2.04. The van der Waals surface area contributed by atoms with Crippen LogP contribution in [0.15, 0.2) is 36.4 Å². The van der Waals surface area contributed by atoms with Gasteiger partial charge in [0.15, 0.2) is 6.29 Å². The summed E-state index contributed by atoms with van der Waals surface area (Å²) >= 11 is 27.9. The average molecular weight is 529 g/mol. The predicted octanol–water partition coefficient (Wildman–Crippen LogP) is 7.73. The minimum Gasteiger partial charge on any atom is -0.489 e. The third-order valence-electron chi connectivity index (χ3n) is 4.39. The number of halogens is 5. The van der Waals surface area contributed by atoms with Crippen LogP contribution in [0.5, 0.6) is 5.75 Å². The van der Waals surface area contributed by atoms with Gasteiger partial charge in [0.25, 0.3) is 0 Å². The van der Waals surface area contributed by atoms with Crippen LogP contribution in [0.3, 0.4) is 0 Å².